The average molecular weight is 465 g/mol. The van der Waals surface area contributed by atoms with Gasteiger partial charge >= 0.3 is 0 Å². The van der Waals surface area contributed by atoms with Crippen molar-refractivity contribution in [1.82, 2.24) is 10.3 Å². The topological polar surface area (TPSA) is 68.2 Å². The van der Waals surface area contributed by atoms with Crippen molar-refractivity contribution in [3.8, 4) is 0 Å². The van der Waals surface area contributed by atoms with Crippen LogP contribution >= 0.6 is 0 Å². The molecule has 2 aliphatic heterocycles. The highest BCUT2D eigenvalue weighted by Crippen LogP contribution is 2.32. The van der Waals surface area contributed by atoms with E-state index >= 15 is 0 Å². The molecule has 4 rings (SSSR count). The van der Waals surface area contributed by atoms with Gasteiger partial charge in [0.1, 0.15) is 17.6 Å². The normalized spacial score (nSPS) is 21.6. The standard InChI is InChI=1S/C27H36N4O3/c1-19-8-6-15-29-26(19)31(23-9-7-14-28-18-23)20(2)21-10-12-22(13-11-21)24-25(33-17-16-32-5)27(3,4)34-30-24/h6,8,10-13,15,23,25,28H,2,7,9,14,16-18H2,1,3-5H3/t23-,25+/m1/s1. The number of hydrogen-bond donors (Lipinski definition) is 1. The van der Waals surface area contributed by atoms with Crippen molar-refractivity contribution in [3.63, 3.8) is 0 Å². The van der Waals surface area contributed by atoms with Gasteiger partial charge in [-0.2, -0.15) is 0 Å². The molecule has 182 valence electrons. The Hall–Kier alpha value is -2.74. The molecule has 2 aliphatic rings. The molecule has 0 radical (unpaired) electrons. The number of ether oxygens (including phenoxy) is 2. The first kappa shape index (κ1) is 24.4. The minimum Gasteiger partial charge on any atom is -0.386 e. The van der Waals surface area contributed by atoms with Crippen molar-refractivity contribution in [2.45, 2.75) is 51.4 Å². The van der Waals surface area contributed by atoms with E-state index in [-0.39, 0.29) is 6.10 Å². The minimum absolute atomic E-state index is 0.266. The monoisotopic (exact) mass is 464 g/mol. The molecule has 2 atom stereocenters. The van der Waals surface area contributed by atoms with Crippen molar-refractivity contribution in [1.29, 1.82) is 0 Å². The Kier molecular flexibility index (Phi) is 7.66. The zero-order chi connectivity index (χ0) is 24.1. The molecule has 0 unspecified atom stereocenters. The zero-order valence-electron chi connectivity index (χ0n) is 20.7. The Morgan fingerprint density at radius 3 is 2.71 bits per heavy atom. The van der Waals surface area contributed by atoms with Crippen molar-refractivity contribution < 1.29 is 14.3 Å². The largest absolute Gasteiger partial charge is 0.386 e. The van der Waals surface area contributed by atoms with Gasteiger partial charge in [-0.15, -0.1) is 0 Å². The molecule has 2 aromatic rings. The second-order valence-corrected chi connectivity index (χ2v) is 9.45. The lowest BCUT2D eigenvalue weighted by molar-refractivity contribution is -0.0809. The van der Waals surface area contributed by atoms with Crippen LogP contribution in [0.2, 0.25) is 0 Å². The van der Waals surface area contributed by atoms with Gasteiger partial charge in [0.15, 0.2) is 5.60 Å². The van der Waals surface area contributed by atoms with E-state index in [0.717, 1.165) is 59.8 Å². The molecule has 1 aromatic heterocycles. The number of rotatable bonds is 9. The summed E-state index contributed by atoms with van der Waals surface area (Å²) in [5.41, 5.74) is 4.38. The summed E-state index contributed by atoms with van der Waals surface area (Å²) in [5, 5.41) is 7.89. The smallest absolute Gasteiger partial charge is 0.163 e. The number of aromatic nitrogens is 1. The number of nitrogens with zero attached hydrogens (tertiary/aromatic N) is 3. The third-order valence-electron chi connectivity index (χ3n) is 6.48. The number of nitrogens with one attached hydrogen (secondary N) is 1. The number of methoxy groups -OCH3 is 1. The van der Waals surface area contributed by atoms with Crippen molar-refractivity contribution >= 4 is 17.2 Å². The first-order valence-corrected chi connectivity index (χ1v) is 12.0. The molecule has 1 saturated heterocycles. The summed E-state index contributed by atoms with van der Waals surface area (Å²) in [5.74, 6) is 0.965. The fraction of sp³-hybridized carbons (Fsp3) is 0.481. The molecule has 1 aromatic carbocycles. The highest BCUT2D eigenvalue weighted by atomic mass is 16.7. The Morgan fingerprint density at radius 1 is 1.24 bits per heavy atom. The predicted molar refractivity (Wildman–Crippen MR) is 136 cm³/mol. The van der Waals surface area contributed by atoms with Crippen LogP contribution in [0.1, 0.15) is 43.4 Å². The summed E-state index contributed by atoms with van der Waals surface area (Å²) in [4.78, 5) is 12.7. The average Bonchev–Trinajstić information content (AvgIpc) is 3.15. The molecular formula is C27H36N4O3. The summed E-state index contributed by atoms with van der Waals surface area (Å²) in [6.45, 7) is 13.6. The van der Waals surface area contributed by atoms with E-state index in [0.29, 0.717) is 19.3 Å². The number of oxime groups is 1. The number of aryl methyl sites for hydroxylation is 1. The van der Waals surface area contributed by atoms with E-state index in [4.69, 9.17) is 19.3 Å². The molecule has 3 heterocycles. The van der Waals surface area contributed by atoms with Crippen LogP contribution in [0.25, 0.3) is 5.70 Å². The molecule has 1 N–H and O–H groups in total. The number of benzene rings is 1. The van der Waals surface area contributed by atoms with Crippen LogP contribution in [-0.4, -0.2) is 61.9 Å². The van der Waals surface area contributed by atoms with Gasteiger partial charge in [-0.1, -0.05) is 42.1 Å². The highest BCUT2D eigenvalue weighted by molar-refractivity contribution is 6.05. The predicted octanol–water partition coefficient (Wildman–Crippen LogP) is 4.16. The lowest BCUT2D eigenvalue weighted by Crippen LogP contribution is -2.45. The lowest BCUT2D eigenvalue weighted by Gasteiger charge is -2.37. The van der Waals surface area contributed by atoms with Gasteiger partial charge in [-0.05, 0) is 57.4 Å². The van der Waals surface area contributed by atoms with E-state index in [1.807, 2.05) is 26.1 Å². The fourth-order valence-corrected chi connectivity index (χ4v) is 4.60. The van der Waals surface area contributed by atoms with Gasteiger partial charge in [0.05, 0.1) is 13.2 Å². The maximum atomic E-state index is 6.07. The van der Waals surface area contributed by atoms with Gasteiger partial charge in [0.25, 0.3) is 0 Å². The van der Waals surface area contributed by atoms with Crippen molar-refractivity contribution in [2.24, 2.45) is 5.16 Å². The Morgan fingerprint density at radius 2 is 2.03 bits per heavy atom. The van der Waals surface area contributed by atoms with E-state index in [1.165, 1.54) is 0 Å². The Balaban J connectivity index is 1.58. The van der Waals surface area contributed by atoms with Crippen molar-refractivity contribution in [2.75, 3.05) is 38.3 Å². The molecular weight excluding hydrogens is 428 g/mol. The van der Waals surface area contributed by atoms with Crippen LogP contribution in [0.3, 0.4) is 0 Å². The fourth-order valence-electron chi connectivity index (χ4n) is 4.60. The number of piperidine rings is 1. The zero-order valence-corrected chi connectivity index (χ0v) is 20.7. The Labute approximate surface area is 202 Å². The quantitative estimate of drug-likeness (QED) is 0.562. The maximum Gasteiger partial charge on any atom is 0.163 e. The number of anilines is 1. The molecule has 1 fully saturated rings. The van der Waals surface area contributed by atoms with E-state index < -0.39 is 5.60 Å². The van der Waals surface area contributed by atoms with Gasteiger partial charge in [-0.3, -0.25) is 0 Å². The van der Waals surface area contributed by atoms with Gasteiger partial charge < -0.3 is 24.5 Å². The third kappa shape index (κ3) is 5.17. The second-order valence-electron chi connectivity index (χ2n) is 9.45. The van der Waals surface area contributed by atoms with Crippen LogP contribution in [0, 0.1) is 6.92 Å². The molecule has 7 heteroatoms. The molecule has 0 spiro atoms. The van der Waals surface area contributed by atoms with Crippen LogP contribution in [-0.2, 0) is 14.3 Å². The summed E-state index contributed by atoms with van der Waals surface area (Å²) < 4.78 is 11.2. The van der Waals surface area contributed by atoms with E-state index in [9.17, 15) is 0 Å². The maximum absolute atomic E-state index is 6.07. The molecule has 0 aliphatic carbocycles. The van der Waals surface area contributed by atoms with Crippen LogP contribution in [0.4, 0.5) is 5.82 Å². The molecule has 0 amide bonds. The van der Waals surface area contributed by atoms with Crippen LogP contribution in [0.15, 0.2) is 54.3 Å². The van der Waals surface area contributed by atoms with E-state index in [1.54, 1.807) is 7.11 Å². The first-order chi connectivity index (χ1) is 16.4. The van der Waals surface area contributed by atoms with E-state index in [2.05, 4.69) is 59.2 Å². The number of hydrogen-bond acceptors (Lipinski definition) is 7. The number of pyridine rings is 1. The lowest BCUT2D eigenvalue weighted by atomic mass is 9.93. The molecule has 0 bridgehead atoms. The first-order valence-electron chi connectivity index (χ1n) is 12.0. The second kappa shape index (κ2) is 10.7. The third-order valence-corrected chi connectivity index (χ3v) is 6.48. The van der Waals surface area contributed by atoms with Crippen LogP contribution in [0.5, 0.6) is 0 Å². The molecule has 7 nitrogen and oxygen atoms in total. The summed E-state index contributed by atoms with van der Waals surface area (Å²) >= 11 is 0. The minimum atomic E-state index is -0.535. The summed E-state index contributed by atoms with van der Waals surface area (Å²) in [7, 11) is 1.67. The van der Waals surface area contributed by atoms with Crippen molar-refractivity contribution in [3.05, 3.63) is 65.9 Å². The highest BCUT2D eigenvalue weighted by Gasteiger charge is 2.42. The molecule has 0 saturated carbocycles. The molecule has 34 heavy (non-hydrogen) atoms. The van der Waals surface area contributed by atoms with Gasteiger partial charge in [0, 0.05) is 37.2 Å². The van der Waals surface area contributed by atoms with Crippen LogP contribution < -0.4 is 10.2 Å². The van der Waals surface area contributed by atoms with Gasteiger partial charge in [0.2, 0.25) is 0 Å². The summed E-state index contributed by atoms with van der Waals surface area (Å²) in [6.07, 6.45) is 3.83. The Bertz CT molecular complexity index is 1010. The van der Waals surface area contributed by atoms with Gasteiger partial charge in [-0.25, -0.2) is 4.98 Å². The SMILES string of the molecule is C=C(c1ccc(C2=NOC(C)(C)[C@H]2OCCOC)cc1)N(c1ncccc1C)[C@@H]1CCCNC1. The summed E-state index contributed by atoms with van der Waals surface area (Å²) in [6, 6.07) is 12.7.